The van der Waals surface area contributed by atoms with Crippen LogP contribution in [0, 0.1) is 0 Å². The third kappa shape index (κ3) is 1.83. The number of rotatable bonds is 2. The fourth-order valence-corrected chi connectivity index (χ4v) is 6.34. The molecule has 0 bridgehead atoms. The zero-order valence-electron chi connectivity index (χ0n) is 10.1. The summed E-state index contributed by atoms with van der Waals surface area (Å²) in [5.74, 6) is 0. The van der Waals surface area contributed by atoms with Crippen LogP contribution in [0.5, 0.6) is 0 Å². The minimum absolute atomic E-state index is 0.409. The summed E-state index contributed by atoms with van der Waals surface area (Å²) in [5, 5.41) is 0. The Morgan fingerprint density at radius 2 is 1.83 bits per heavy atom. The monoisotopic (exact) mass is 338 g/mol. The van der Waals surface area contributed by atoms with Crippen molar-refractivity contribution in [3.05, 3.63) is 34.2 Å². The summed E-state index contributed by atoms with van der Waals surface area (Å²) >= 11 is 3.05. The van der Waals surface area contributed by atoms with Gasteiger partial charge in [0, 0.05) is 4.90 Å². The van der Waals surface area contributed by atoms with Gasteiger partial charge in [0.05, 0.1) is 0 Å². The summed E-state index contributed by atoms with van der Waals surface area (Å²) < 4.78 is 40.3. The molecule has 0 saturated carbocycles. The lowest BCUT2D eigenvalue weighted by molar-refractivity contribution is -0.0355. The van der Waals surface area contributed by atoms with Crippen LogP contribution in [0.3, 0.4) is 0 Å². The van der Waals surface area contributed by atoms with Crippen molar-refractivity contribution in [1.82, 2.24) is 0 Å². The summed E-state index contributed by atoms with van der Waals surface area (Å²) in [5.41, 5.74) is -2.50. The average molecular weight is 339 g/mol. The van der Waals surface area contributed by atoms with Gasteiger partial charge in [0.25, 0.3) is 0 Å². The summed E-state index contributed by atoms with van der Waals surface area (Å²) in [4.78, 5) is 0.872. The number of allylic oxidation sites excluding steroid dienone is 1. The van der Waals surface area contributed by atoms with Gasteiger partial charge < -0.3 is 0 Å². The first-order chi connectivity index (χ1) is 8.36. The van der Waals surface area contributed by atoms with E-state index in [-0.39, 0.29) is 0 Å². The second kappa shape index (κ2) is 4.60. The van der Waals surface area contributed by atoms with Gasteiger partial charge >= 0.3 is 5.51 Å². The molecule has 0 saturated heterocycles. The Balaban J connectivity index is 2.71. The van der Waals surface area contributed by atoms with Crippen LogP contribution in [0.1, 0.15) is 31.4 Å². The van der Waals surface area contributed by atoms with E-state index in [9.17, 15) is 13.2 Å². The molecule has 1 heterocycles. The highest BCUT2D eigenvalue weighted by Gasteiger charge is 2.54. The molecule has 100 valence electrons. The minimum atomic E-state index is -4.24. The fourth-order valence-electron chi connectivity index (χ4n) is 2.26. The zero-order valence-corrected chi connectivity index (χ0v) is 12.5. The van der Waals surface area contributed by atoms with Crippen molar-refractivity contribution in [1.29, 1.82) is 0 Å². The van der Waals surface area contributed by atoms with Gasteiger partial charge in [-0.15, -0.1) is 0 Å². The first kappa shape index (κ1) is 14.0. The average Bonchev–Trinajstić information content (AvgIpc) is 2.63. The molecule has 1 unspecified atom stereocenters. The van der Waals surface area contributed by atoms with E-state index in [1.54, 1.807) is 25.1 Å². The Kier molecular flexibility index (Phi) is 3.58. The Hall–Kier alpha value is -0.420. The molecule has 0 amide bonds. The Morgan fingerprint density at radius 1 is 1.17 bits per heavy atom. The van der Waals surface area contributed by atoms with E-state index in [0.717, 1.165) is 17.5 Å². The zero-order chi connectivity index (χ0) is 13.6. The van der Waals surface area contributed by atoms with Gasteiger partial charge in [-0.25, -0.2) is 0 Å². The van der Waals surface area contributed by atoms with E-state index in [2.05, 4.69) is 14.8 Å². The third-order valence-corrected chi connectivity index (χ3v) is 9.30. The Bertz CT molecular complexity index is 507. The summed E-state index contributed by atoms with van der Waals surface area (Å²) in [6.45, 7) is 3.74. The molecule has 1 aliphatic heterocycles. The summed E-state index contributed by atoms with van der Waals surface area (Å²) in [7, 11) is -3.03. The number of halogens is 4. The molecule has 0 aromatic heterocycles. The van der Waals surface area contributed by atoms with E-state index in [4.69, 9.17) is 0 Å². The molecule has 18 heavy (non-hydrogen) atoms. The summed E-state index contributed by atoms with van der Waals surface area (Å²) in [6.07, 6.45) is 2.89. The highest BCUT2D eigenvalue weighted by molar-refractivity contribution is 9.59. The lowest BCUT2D eigenvalue weighted by Crippen LogP contribution is -2.15. The summed E-state index contributed by atoms with van der Waals surface area (Å²) in [6, 6.07) is 5.22. The number of aryl methyl sites for hydroxylation is 1. The van der Waals surface area contributed by atoms with Gasteiger partial charge in [-0.3, -0.25) is 0 Å². The molecule has 0 N–H and O–H groups in total. The van der Waals surface area contributed by atoms with Gasteiger partial charge in [-0.05, 0) is 64.3 Å². The second-order valence-corrected chi connectivity index (χ2v) is 9.55. The van der Waals surface area contributed by atoms with E-state index >= 15 is 0 Å². The molecule has 1 aliphatic rings. The molecule has 1 aromatic rings. The fraction of sp³-hybridized carbons (Fsp3) is 0.385. The maximum absolute atomic E-state index is 13.4. The van der Waals surface area contributed by atoms with Crippen LogP contribution >= 0.6 is 23.3 Å². The van der Waals surface area contributed by atoms with Crippen LogP contribution < -0.4 is 0 Å². The number of alkyl halides is 3. The van der Waals surface area contributed by atoms with Gasteiger partial charge in [0.15, 0.2) is 0 Å². The number of hydrogen-bond donors (Lipinski definition) is 0. The van der Waals surface area contributed by atoms with Crippen LogP contribution in [-0.4, -0.2) is 5.51 Å². The van der Waals surface area contributed by atoms with Gasteiger partial charge in [-0.1, -0.05) is 26.0 Å². The van der Waals surface area contributed by atoms with Crippen LogP contribution in [0.15, 0.2) is 28.0 Å². The molecular weight excluding hydrogens is 325 g/mol. The van der Waals surface area contributed by atoms with Crippen LogP contribution in [0.25, 0.3) is 6.08 Å². The van der Waals surface area contributed by atoms with Gasteiger partial charge in [-0.2, -0.15) is 13.2 Å². The molecule has 5 heteroatoms. The normalized spacial score (nSPS) is 26.4. The molecular formula is C13H14BrF3S. The highest BCUT2D eigenvalue weighted by atomic mass is 79.9. The van der Waals surface area contributed by atoms with Crippen molar-refractivity contribution in [3.63, 3.8) is 0 Å². The van der Waals surface area contributed by atoms with E-state index in [1.807, 2.05) is 13.0 Å². The molecule has 1 atom stereocenters. The minimum Gasteiger partial charge on any atom is -0.160 e. The van der Waals surface area contributed by atoms with Crippen LogP contribution in [-0.2, 0) is 6.42 Å². The van der Waals surface area contributed by atoms with Crippen molar-refractivity contribution >= 4 is 29.4 Å². The third-order valence-electron chi connectivity index (χ3n) is 3.17. The molecule has 0 radical (unpaired) electrons. The van der Waals surface area contributed by atoms with Crippen molar-refractivity contribution in [2.45, 2.75) is 37.1 Å². The topological polar surface area (TPSA) is 0 Å². The predicted molar refractivity (Wildman–Crippen MR) is 74.9 cm³/mol. The van der Waals surface area contributed by atoms with Crippen molar-refractivity contribution < 1.29 is 13.2 Å². The number of hydrogen-bond acceptors (Lipinski definition) is 0. The number of benzene rings is 1. The standard InChI is InChI=1S/C13H14BrF3S/c1-3-9-6-5-7-12-11(9)8-10(4-2)18(12,14)13(15,16)17/h5-8H,3-4H2,1-2H3. The quantitative estimate of drug-likeness (QED) is 0.619. The molecule has 0 fully saturated rings. The van der Waals surface area contributed by atoms with Crippen LogP contribution in [0.2, 0.25) is 0 Å². The van der Waals surface area contributed by atoms with Crippen LogP contribution in [0.4, 0.5) is 13.2 Å². The molecule has 0 nitrogen and oxygen atoms in total. The molecule has 0 aliphatic carbocycles. The Morgan fingerprint density at radius 3 is 2.33 bits per heavy atom. The van der Waals surface area contributed by atoms with E-state index in [1.165, 1.54) is 0 Å². The lowest BCUT2D eigenvalue weighted by atomic mass is 10.0. The molecule has 1 aromatic carbocycles. The smallest absolute Gasteiger partial charge is 0.160 e. The van der Waals surface area contributed by atoms with E-state index < -0.39 is 14.0 Å². The van der Waals surface area contributed by atoms with Crippen molar-refractivity contribution in [2.75, 3.05) is 0 Å². The lowest BCUT2D eigenvalue weighted by Gasteiger charge is -2.34. The first-order valence-electron chi connectivity index (χ1n) is 5.78. The van der Waals surface area contributed by atoms with Gasteiger partial charge in [0.1, 0.15) is 0 Å². The second-order valence-electron chi connectivity index (χ2n) is 4.13. The highest BCUT2D eigenvalue weighted by Crippen LogP contribution is 2.81. The number of fused-ring (bicyclic) bond motifs is 1. The SMILES string of the molecule is CCC1=Cc2c(CC)cccc2S1(Br)C(F)(F)F. The van der Waals surface area contributed by atoms with Crippen molar-refractivity contribution in [2.24, 2.45) is 0 Å². The molecule has 2 rings (SSSR count). The maximum Gasteiger partial charge on any atom is 0.442 e. The molecule has 0 spiro atoms. The first-order valence-corrected chi connectivity index (χ1v) is 9.25. The Labute approximate surface area is 114 Å². The predicted octanol–water partition coefficient (Wildman–Crippen LogP) is 6.01. The van der Waals surface area contributed by atoms with Gasteiger partial charge in [0.2, 0.25) is 0 Å². The van der Waals surface area contributed by atoms with Crippen molar-refractivity contribution in [3.8, 4) is 0 Å². The van der Waals surface area contributed by atoms with E-state index in [0.29, 0.717) is 16.2 Å². The maximum atomic E-state index is 13.4. The largest absolute Gasteiger partial charge is 0.442 e.